The molecule has 1 saturated carbocycles. The van der Waals surface area contributed by atoms with Crippen LogP contribution in [0.4, 0.5) is 5.69 Å². The van der Waals surface area contributed by atoms with Gasteiger partial charge < -0.3 is 54.9 Å². The van der Waals surface area contributed by atoms with Gasteiger partial charge in [-0.25, -0.2) is 4.79 Å². The van der Waals surface area contributed by atoms with Crippen LogP contribution >= 0.6 is 0 Å². The number of piperidine rings is 2. The number of nitrogens with zero attached hydrogens (tertiary/aromatic N) is 2. The SMILES string of the molecule is COc1cc2c(cc1OC)C13CCN4CC5=CCOC6CC(=O)N2C1C6C5CC43.O=C(O)C(O)C(O)C(O)C(O)C(O)CO. The highest BCUT2D eigenvalue weighted by Gasteiger charge is 2.71. The lowest BCUT2D eigenvalue weighted by molar-refractivity contribution is -0.169. The Morgan fingerprint density at radius 1 is 1.09 bits per heavy atom. The van der Waals surface area contributed by atoms with E-state index in [1.807, 2.05) is 6.07 Å². The minimum absolute atomic E-state index is 0.0242. The number of carbonyl (C=O) groups is 2. The van der Waals surface area contributed by atoms with Gasteiger partial charge in [0, 0.05) is 30.0 Å². The number of fused-ring (bicyclic) bond motifs is 2. The number of carbonyl (C=O) groups excluding carboxylic acids is 1. The Morgan fingerprint density at radius 2 is 1.80 bits per heavy atom. The summed E-state index contributed by atoms with van der Waals surface area (Å²) in [7, 11) is 3.36. The van der Waals surface area contributed by atoms with E-state index in [0.717, 1.165) is 30.9 Å². The quantitative estimate of drug-likeness (QED) is 0.157. The van der Waals surface area contributed by atoms with Crippen LogP contribution in [0.1, 0.15) is 24.8 Å². The largest absolute Gasteiger partial charge is 0.493 e. The second kappa shape index (κ2) is 11.5. The summed E-state index contributed by atoms with van der Waals surface area (Å²) in [4.78, 5) is 28.5. The summed E-state index contributed by atoms with van der Waals surface area (Å²) in [5.74, 6) is 0.789. The smallest absolute Gasteiger partial charge is 0.335 e. The molecule has 14 nitrogen and oxygen atoms in total. The molecule has 11 atom stereocenters. The number of ether oxygens (including phenoxy) is 3. The normalized spacial score (nSPS) is 34.4. The van der Waals surface area contributed by atoms with Gasteiger partial charge in [0.15, 0.2) is 17.6 Å². The zero-order valence-electron chi connectivity index (χ0n) is 24.5. The number of aliphatic hydroxyl groups excluding tert-OH is 6. The van der Waals surface area contributed by atoms with Gasteiger partial charge in [-0.05, 0) is 36.9 Å². The maximum absolute atomic E-state index is 13.5. The van der Waals surface area contributed by atoms with Crippen molar-refractivity contribution in [2.45, 2.75) is 73.4 Å². The molecule has 0 aromatic heterocycles. The van der Waals surface area contributed by atoms with Gasteiger partial charge in [0.05, 0.1) is 51.7 Å². The predicted octanol–water partition coefficient (Wildman–Crippen LogP) is -2.02. The minimum Gasteiger partial charge on any atom is -0.493 e. The van der Waals surface area contributed by atoms with Crippen molar-refractivity contribution in [1.82, 2.24) is 4.90 Å². The van der Waals surface area contributed by atoms with Gasteiger partial charge in [0.1, 0.15) is 24.4 Å². The molecular formula is C30H40N2O12. The van der Waals surface area contributed by atoms with Gasteiger partial charge in [-0.15, -0.1) is 0 Å². The number of hydrogen-bond acceptors (Lipinski definition) is 12. The molecule has 5 heterocycles. The van der Waals surface area contributed by atoms with Crippen molar-refractivity contribution in [3.05, 3.63) is 29.3 Å². The molecule has 242 valence electrons. The Hall–Kier alpha value is -2.82. The number of methoxy groups -OCH3 is 2. The van der Waals surface area contributed by atoms with Gasteiger partial charge in [-0.3, -0.25) is 9.69 Å². The highest BCUT2D eigenvalue weighted by molar-refractivity contribution is 5.99. The van der Waals surface area contributed by atoms with Crippen molar-refractivity contribution >= 4 is 17.6 Å². The third-order valence-corrected chi connectivity index (χ3v) is 10.7. The van der Waals surface area contributed by atoms with Crippen LogP contribution in [0.5, 0.6) is 11.5 Å². The summed E-state index contributed by atoms with van der Waals surface area (Å²) in [5.41, 5.74) is 3.85. The van der Waals surface area contributed by atoms with Crippen molar-refractivity contribution in [2.75, 3.05) is 45.4 Å². The van der Waals surface area contributed by atoms with E-state index >= 15 is 0 Å². The molecule has 1 aromatic rings. The first-order chi connectivity index (χ1) is 21.0. The van der Waals surface area contributed by atoms with Crippen LogP contribution in [-0.2, 0) is 19.7 Å². The molecule has 3 saturated heterocycles. The molecule has 7 N–H and O–H groups in total. The Morgan fingerprint density at radius 3 is 2.45 bits per heavy atom. The van der Waals surface area contributed by atoms with E-state index in [9.17, 15) is 9.59 Å². The summed E-state index contributed by atoms with van der Waals surface area (Å²) < 4.78 is 17.6. The summed E-state index contributed by atoms with van der Waals surface area (Å²) in [6.07, 6.45) is -5.14. The molecule has 1 aromatic carbocycles. The van der Waals surface area contributed by atoms with Gasteiger partial charge >= 0.3 is 5.97 Å². The van der Waals surface area contributed by atoms with Gasteiger partial charge in [0.25, 0.3) is 0 Å². The zero-order valence-corrected chi connectivity index (χ0v) is 24.5. The third kappa shape index (κ3) is 4.46. The van der Waals surface area contributed by atoms with Crippen LogP contribution in [-0.4, -0.2) is 142 Å². The fourth-order valence-corrected chi connectivity index (χ4v) is 8.74. The minimum atomic E-state index is -2.29. The summed E-state index contributed by atoms with van der Waals surface area (Å²) in [6, 6.07) is 4.87. The summed E-state index contributed by atoms with van der Waals surface area (Å²) >= 11 is 0. The molecule has 7 rings (SSSR count). The lowest BCUT2D eigenvalue weighted by Gasteiger charge is -2.58. The Kier molecular flexibility index (Phi) is 8.16. The Balaban J connectivity index is 0.000000197. The van der Waals surface area contributed by atoms with Crippen LogP contribution in [0.15, 0.2) is 23.8 Å². The zero-order chi connectivity index (χ0) is 31.7. The maximum atomic E-state index is 13.5. The molecule has 1 spiro atoms. The summed E-state index contributed by atoms with van der Waals surface area (Å²) in [6.45, 7) is 1.92. The fourth-order valence-electron chi connectivity index (χ4n) is 8.74. The van der Waals surface area contributed by atoms with Crippen LogP contribution in [0.25, 0.3) is 0 Å². The van der Waals surface area contributed by atoms with Crippen LogP contribution in [0.2, 0.25) is 0 Å². The highest BCUT2D eigenvalue weighted by atomic mass is 16.5. The van der Waals surface area contributed by atoms with Crippen LogP contribution < -0.4 is 14.4 Å². The first-order valence-corrected chi connectivity index (χ1v) is 14.9. The van der Waals surface area contributed by atoms with E-state index in [4.69, 9.17) is 50.0 Å². The molecule has 14 heteroatoms. The van der Waals surface area contributed by atoms with E-state index in [0.29, 0.717) is 36.7 Å². The maximum Gasteiger partial charge on any atom is 0.335 e. The first-order valence-electron chi connectivity index (χ1n) is 14.9. The monoisotopic (exact) mass is 620 g/mol. The third-order valence-electron chi connectivity index (χ3n) is 10.7. The molecule has 1 amide bonds. The van der Waals surface area contributed by atoms with Crippen LogP contribution in [0.3, 0.4) is 0 Å². The number of carboxylic acid groups (broad SMARTS) is 1. The standard InChI is InChI=1S/C23H26N2O4.C7H14O8/c1-27-16-8-14-15(9-17(16)28-2)25-20(26)10-18-21-13-7-19-23(14,22(21)25)4-5-24(19)11-12(13)3-6-29-18;8-1-2(9)3(10)4(11)5(12)6(13)7(14)15/h3,8-9,13,18-19,21-22H,4-7,10-11H2,1-2H3;2-6,8-13H,1H2,(H,14,15). The highest BCUT2D eigenvalue weighted by Crippen LogP contribution is 2.66. The van der Waals surface area contributed by atoms with E-state index in [2.05, 4.69) is 21.9 Å². The number of aliphatic carboxylic acids is 1. The molecule has 4 fully saturated rings. The van der Waals surface area contributed by atoms with E-state index in [1.165, 1.54) is 12.0 Å². The summed E-state index contributed by atoms with van der Waals surface area (Å²) in [5, 5.41) is 61.5. The molecule has 2 bridgehead atoms. The second-order valence-corrected chi connectivity index (χ2v) is 12.5. The topological polar surface area (TPSA) is 210 Å². The van der Waals surface area contributed by atoms with Gasteiger partial charge in [0.2, 0.25) is 5.91 Å². The molecule has 6 aliphatic rings. The van der Waals surface area contributed by atoms with Gasteiger partial charge in [-0.1, -0.05) is 11.6 Å². The van der Waals surface area contributed by atoms with Crippen molar-refractivity contribution < 1.29 is 59.5 Å². The number of hydrogen-bond donors (Lipinski definition) is 7. The number of anilines is 1. The number of carboxylic acids is 1. The molecule has 5 aliphatic heterocycles. The average molecular weight is 621 g/mol. The van der Waals surface area contributed by atoms with E-state index in [1.54, 1.807) is 19.8 Å². The van der Waals surface area contributed by atoms with Crippen molar-refractivity contribution in [2.24, 2.45) is 11.8 Å². The van der Waals surface area contributed by atoms with E-state index in [-0.39, 0.29) is 23.5 Å². The molecule has 44 heavy (non-hydrogen) atoms. The number of rotatable bonds is 8. The molecular weight excluding hydrogens is 580 g/mol. The van der Waals surface area contributed by atoms with Crippen LogP contribution in [0, 0.1) is 11.8 Å². The lowest BCUT2D eigenvalue weighted by atomic mass is 9.53. The Labute approximate surface area is 253 Å². The number of aliphatic hydroxyl groups is 6. The molecule has 11 unspecified atom stereocenters. The van der Waals surface area contributed by atoms with Crippen molar-refractivity contribution in [3.8, 4) is 11.5 Å². The Bertz CT molecular complexity index is 1340. The number of benzene rings is 1. The number of amides is 1. The van der Waals surface area contributed by atoms with Crippen molar-refractivity contribution in [3.63, 3.8) is 0 Å². The molecule has 0 radical (unpaired) electrons. The molecule has 1 aliphatic carbocycles. The lowest BCUT2D eigenvalue weighted by Crippen LogP contribution is -2.69. The van der Waals surface area contributed by atoms with Gasteiger partial charge in [-0.2, -0.15) is 0 Å². The predicted molar refractivity (Wildman–Crippen MR) is 151 cm³/mol. The fraction of sp³-hybridized carbons (Fsp3) is 0.667. The average Bonchev–Trinajstić information content (AvgIpc) is 3.49. The van der Waals surface area contributed by atoms with Crippen molar-refractivity contribution in [1.29, 1.82) is 0 Å². The second-order valence-electron chi connectivity index (χ2n) is 12.5. The van der Waals surface area contributed by atoms with E-state index < -0.39 is 43.1 Å². The first kappa shape index (κ1) is 31.2.